The van der Waals surface area contributed by atoms with Gasteiger partial charge in [-0.25, -0.2) is 0 Å². The minimum atomic E-state index is -0.324. The normalized spacial score (nSPS) is 12.2. The molecule has 17 heavy (non-hydrogen) atoms. The molecule has 94 valence electrons. The van der Waals surface area contributed by atoms with Gasteiger partial charge in [0.2, 0.25) is 0 Å². The molecular formula is C14H21NO2. The van der Waals surface area contributed by atoms with Gasteiger partial charge >= 0.3 is 0 Å². The lowest BCUT2D eigenvalue weighted by Crippen LogP contribution is -2.27. The summed E-state index contributed by atoms with van der Waals surface area (Å²) in [5.74, 6) is -0.0693. The number of hydrogen-bond donors (Lipinski definition) is 2. The van der Waals surface area contributed by atoms with Crippen LogP contribution in [0.5, 0.6) is 0 Å². The van der Waals surface area contributed by atoms with Crippen molar-refractivity contribution < 1.29 is 9.90 Å². The molecule has 0 heterocycles. The van der Waals surface area contributed by atoms with Crippen molar-refractivity contribution in [2.75, 3.05) is 6.54 Å². The SMILES string of the molecule is CCC(O)CCNC(=O)c1cc(C)cc(C)c1. The number of aliphatic hydroxyl groups excluding tert-OH is 1. The highest BCUT2D eigenvalue weighted by atomic mass is 16.3. The maximum Gasteiger partial charge on any atom is 0.251 e. The van der Waals surface area contributed by atoms with Crippen LogP contribution in [-0.4, -0.2) is 23.7 Å². The van der Waals surface area contributed by atoms with E-state index in [0.29, 0.717) is 18.5 Å². The van der Waals surface area contributed by atoms with Gasteiger partial charge in [-0.1, -0.05) is 24.1 Å². The molecule has 3 nitrogen and oxygen atoms in total. The summed E-state index contributed by atoms with van der Waals surface area (Å²) in [4.78, 5) is 11.8. The zero-order valence-electron chi connectivity index (χ0n) is 10.8. The number of carbonyl (C=O) groups is 1. The molecule has 0 aliphatic heterocycles. The van der Waals surface area contributed by atoms with E-state index in [9.17, 15) is 9.90 Å². The number of hydrogen-bond acceptors (Lipinski definition) is 2. The van der Waals surface area contributed by atoms with Crippen LogP contribution >= 0.6 is 0 Å². The zero-order valence-corrected chi connectivity index (χ0v) is 10.8. The van der Waals surface area contributed by atoms with Crippen LogP contribution in [0, 0.1) is 13.8 Å². The maximum atomic E-state index is 11.8. The number of carbonyl (C=O) groups excluding carboxylic acids is 1. The molecular weight excluding hydrogens is 214 g/mol. The molecule has 0 fully saturated rings. The molecule has 1 amide bonds. The third kappa shape index (κ3) is 4.57. The van der Waals surface area contributed by atoms with Gasteiger partial charge in [-0.05, 0) is 38.8 Å². The second-order valence-electron chi connectivity index (χ2n) is 4.48. The monoisotopic (exact) mass is 235 g/mol. The molecule has 2 N–H and O–H groups in total. The average molecular weight is 235 g/mol. The van der Waals surface area contributed by atoms with Crippen LogP contribution < -0.4 is 5.32 Å². The number of benzene rings is 1. The predicted octanol–water partition coefficient (Wildman–Crippen LogP) is 2.19. The highest BCUT2D eigenvalue weighted by Gasteiger charge is 2.07. The second kappa shape index (κ2) is 6.40. The van der Waals surface area contributed by atoms with Gasteiger partial charge in [0.1, 0.15) is 0 Å². The average Bonchev–Trinajstić information content (AvgIpc) is 2.27. The molecule has 0 aliphatic carbocycles. The fourth-order valence-electron chi connectivity index (χ4n) is 1.76. The van der Waals surface area contributed by atoms with Crippen LogP contribution in [0.25, 0.3) is 0 Å². The van der Waals surface area contributed by atoms with Gasteiger partial charge in [-0.2, -0.15) is 0 Å². The van der Waals surface area contributed by atoms with Crippen LogP contribution in [0.4, 0.5) is 0 Å². The molecule has 1 aromatic carbocycles. The summed E-state index contributed by atoms with van der Waals surface area (Å²) in [6.07, 6.45) is 1.00. The summed E-state index contributed by atoms with van der Waals surface area (Å²) in [6.45, 7) is 6.40. The van der Waals surface area contributed by atoms with Crippen molar-refractivity contribution in [1.29, 1.82) is 0 Å². The number of aliphatic hydroxyl groups is 1. The quantitative estimate of drug-likeness (QED) is 0.822. The van der Waals surface area contributed by atoms with Crippen LogP contribution in [0.15, 0.2) is 18.2 Å². The number of nitrogens with one attached hydrogen (secondary N) is 1. The van der Waals surface area contributed by atoms with Crippen molar-refractivity contribution in [2.45, 2.75) is 39.7 Å². The Morgan fingerprint density at radius 1 is 1.29 bits per heavy atom. The topological polar surface area (TPSA) is 49.3 Å². The van der Waals surface area contributed by atoms with Crippen molar-refractivity contribution in [3.8, 4) is 0 Å². The lowest BCUT2D eigenvalue weighted by Gasteiger charge is -2.09. The van der Waals surface area contributed by atoms with Gasteiger partial charge in [0.25, 0.3) is 5.91 Å². The predicted molar refractivity (Wildman–Crippen MR) is 69.2 cm³/mol. The van der Waals surface area contributed by atoms with Gasteiger partial charge < -0.3 is 10.4 Å². The molecule has 0 saturated carbocycles. The largest absolute Gasteiger partial charge is 0.393 e. The van der Waals surface area contributed by atoms with E-state index < -0.39 is 0 Å². The first-order chi connectivity index (χ1) is 8.02. The zero-order chi connectivity index (χ0) is 12.8. The number of aryl methyl sites for hydroxylation is 2. The van der Waals surface area contributed by atoms with Crippen LogP contribution in [-0.2, 0) is 0 Å². The van der Waals surface area contributed by atoms with E-state index in [-0.39, 0.29) is 12.0 Å². The summed E-state index contributed by atoms with van der Waals surface area (Å²) >= 11 is 0. The third-order valence-electron chi connectivity index (χ3n) is 2.72. The van der Waals surface area contributed by atoms with E-state index in [1.54, 1.807) is 0 Å². The van der Waals surface area contributed by atoms with E-state index in [2.05, 4.69) is 5.32 Å². The van der Waals surface area contributed by atoms with E-state index in [1.807, 2.05) is 39.0 Å². The molecule has 0 aromatic heterocycles. The number of rotatable bonds is 5. The lowest BCUT2D eigenvalue weighted by molar-refractivity contribution is 0.0942. The Kier molecular flexibility index (Phi) is 5.16. The molecule has 0 radical (unpaired) electrons. The van der Waals surface area contributed by atoms with Crippen molar-refractivity contribution in [3.05, 3.63) is 34.9 Å². The molecule has 1 rings (SSSR count). The Bertz CT molecular complexity index is 368. The van der Waals surface area contributed by atoms with Crippen molar-refractivity contribution in [1.82, 2.24) is 5.32 Å². The fourth-order valence-corrected chi connectivity index (χ4v) is 1.76. The first-order valence-corrected chi connectivity index (χ1v) is 6.07. The van der Waals surface area contributed by atoms with Gasteiger partial charge in [0, 0.05) is 12.1 Å². The highest BCUT2D eigenvalue weighted by Crippen LogP contribution is 2.08. The summed E-state index contributed by atoms with van der Waals surface area (Å²) in [5.41, 5.74) is 2.86. The Morgan fingerprint density at radius 2 is 1.88 bits per heavy atom. The lowest BCUT2D eigenvalue weighted by atomic mass is 10.1. The third-order valence-corrected chi connectivity index (χ3v) is 2.72. The summed E-state index contributed by atoms with van der Waals surface area (Å²) in [6, 6.07) is 5.79. The van der Waals surface area contributed by atoms with E-state index in [0.717, 1.165) is 17.5 Å². The molecule has 0 bridgehead atoms. The standard InChI is InChI=1S/C14H21NO2/c1-4-13(16)5-6-15-14(17)12-8-10(2)7-11(3)9-12/h7-9,13,16H,4-6H2,1-3H3,(H,15,17). The molecule has 0 aliphatic rings. The Hall–Kier alpha value is -1.35. The minimum Gasteiger partial charge on any atom is -0.393 e. The van der Waals surface area contributed by atoms with Crippen LogP contribution in [0.3, 0.4) is 0 Å². The van der Waals surface area contributed by atoms with Gasteiger partial charge in [-0.3, -0.25) is 4.79 Å². The Labute approximate surface area is 103 Å². The molecule has 1 atom stereocenters. The van der Waals surface area contributed by atoms with Crippen molar-refractivity contribution >= 4 is 5.91 Å². The van der Waals surface area contributed by atoms with E-state index in [4.69, 9.17) is 0 Å². The summed E-state index contributed by atoms with van der Waals surface area (Å²) in [7, 11) is 0. The van der Waals surface area contributed by atoms with Gasteiger partial charge in [0.05, 0.1) is 6.10 Å². The first-order valence-electron chi connectivity index (χ1n) is 6.07. The van der Waals surface area contributed by atoms with E-state index in [1.165, 1.54) is 0 Å². The molecule has 1 unspecified atom stereocenters. The fraction of sp³-hybridized carbons (Fsp3) is 0.500. The molecule has 0 spiro atoms. The van der Waals surface area contributed by atoms with Gasteiger partial charge in [0.15, 0.2) is 0 Å². The second-order valence-corrected chi connectivity index (χ2v) is 4.48. The molecule has 0 saturated heterocycles. The summed E-state index contributed by atoms with van der Waals surface area (Å²) < 4.78 is 0. The van der Waals surface area contributed by atoms with Crippen LogP contribution in [0.2, 0.25) is 0 Å². The van der Waals surface area contributed by atoms with Gasteiger partial charge in [-0.15, -0.1) is 0 Å². The van der Waals surface area contributed by atoms with Crippen molar-refractivity contribution in [3.63, 3.8) is 0 Å². The highest BCUT2D eigenvalue weighted by molar-refractivity contribution is 5.94. The minimum absolute atomic E-state index is 0.0693. The Balaban J connectivity index is 2.52. The van der Waals surface area contributed by atoms with Crippen LogP contribution in [0.1, 0.15) is 41.3 Å². The molecule has 3 heteroatoms. The van der Waals surface area contributed by atoms with Crippen molar-refractivity contribution in [2.24, 2.45) is 0 Å². The Morgan fingerprint density at radius 3 is 2.41 bits per heavy atom. The summed E-state index contributed by atoms with van der Waals surface area (Å²) in [5, 5.41) is 12.2. The number of amides is 1. The van der Waals surface area contributed by atoms with E-state index >= 15 is 0 Å². The smallest absolute Gasteiger partial charge is 0.251 e. The maximum absolute atomic E-state index is 11.8. The first kappa shape index (κ1) is 13.7. The molecule has 1 aromatic rings.